The van der Waals surface area contributed by atoms with Gasteiger partial charge < -0.3 is 5.32 Å². The maximum absolute atomic E-state index is 12.4. The number of anilines is 1. The van der Waals surface area contributed by atoms with E-state index in [9.17, 15) is 4.79 Å². The first-order valence-electron chi connectivity index (χ1n) is 6.25. The maximum Gasteiger partial charge on any atom is 0.255 e. The smallest absolute Gasteiger partial charge is 0.255 e. The lowest BCUT2D eigenvalue weighted by molar-refractivity contribution is 0.102. The zero-order valence-electron chi connectivity index (χ0n) is 10.8. The van der Waals surface area contributed by atoms with Crippen molar-refractivity contribution < 1.29 is 4.79 Å². The predicted octanol–water partition coefficient (Wildman–Crippen LogP) is 5.01. The normalized spacial score (nSPS) is 10.6. The van der Waals surface area contributed by atoms with E-state index in [1.807, 2.05) is 36.4 Å². The number of carbonyl (C=O) groups is 1. The molecule has 0 saturated heterocycles. The molecule has 5 heteroatoms. The second-order valence-electron chi connectivity index (χ2n) is 4.49. The molecular weight excluding hydrogens is 396 g/mol. The minimum Gasteiger partial charge on any atom is -0.321 e. The van der Waals surface area contributed by atoms with E-state index in [0.29, 0.717) is 5.56 Å². The van der Waals surface area contributed by atoms with Crippen LogP contribution in [0.25, 0.3) is 10.9 Å². The number of nitrogens with zero attached hydrogens (tertiary/aromatic N) is 1. The van der Waals surface area contributed by atoms with Crippen molar-refractivity contribution in [2.24, 2.45) is 0 Å². The van der Waals surface area contributed by atoms with Crippen LogP contribution in [0.1, 0.15) is 10.4 Å². The number of nitrogens with one attached hydrogen (secondary N) is 1. The summed E-state index contributed by atoms with van der Waals surface area (Å²) in [6.45, 7) is 0. The molecule has 1 aromatic heterocycles. The van der Waals surface area contributed by atoms with E-state index >= 15 is 0 Å². The van der Waals surface area contributed by atoms with Gasteiger partial charge in [0.25, 0.3) is 5.91 Å². The highest BCUT2D eigenvalue weighted by Gasteiger charge is 2.10. The van der Waals surface area contributed by atoms with Crippen LogP contribution in [-0.2, 0) is 0 Å². The van der Waals surface area contributed by atoms with Crippen LogP contribution >= 0.6 is 31.9 Å². The fraction of sp³-hybridized carbons (Fsp3) is 0. The molecule has 2 aromatic carbocycles. The summed E-state index contributed by atoms with van der Waals surface area (Å²) in [5.74, 6) is -0.159. The van der Waals surface area contributed by atoms with Gasteiger partial charge in [-0.3, -0.25) is 9.78 Å². The molecule has 1 amide bonds. The average molecular weight is 406 g/mol. The highest BCUT2D eigenvalue weighted by Crippen LogP contribution is 2.24. The van der Waals surface area contributed by atoms with Crippen LogP contribution < -0.4 is 5.32 Å². The van der Waals surface area contributed by atoms with E-state index in [1.54, 1.807) is 18.3 Å². The first kappa shape index (κ1) is 14.2. The lowest BCUT2D eigenvalue weighted by Crippen LogP contribution is -2.12. The number of amides is 1. The molecular formula is C16H10Br2N2O. The van der Waals surface area contributed by atoms with Gasteiger partial charge in [-0.05, 0) is 42.5 Å². The molecule has 0 aliphatic carbocycles. The van der Waals surface area contributed by atoms with E-state index in [0.717, 1.165) is 25.5 Å². The molecule has 3 nitrogen and oxygen atoms in total. The Balaban J connectivity index is 1.96. The maximum atomic E-state index is 12.4. The van der Waals surface area contributed by atoms with Gasteiger partial charge in [0, 0.05) is 26.1 Å². The quantitative estimate of drug-likeness (QED) is 0.650. The van der Waals surface area contributed by atoms with E-state index < -0.39 is 0 Å². The van der Waals surface area contributed by atoms with Crippen LogP contribution in [0.15, 0.2) is 63.7 Å². The number of aromatic nitrogens is 1. The van der Waals surface area contributed by atoms with Crippen molar-refractivity contribution in [3.8, 4) is 0 Å². The number of rotatable bonds is 2. The molecule has 3 aromatic rings. The van der Waals surface area contributed by atoms with Gasteiger partial charge in [0.2, 0.25) is 0 Å². The Bertz CT molecular complexity index is 808. The van der Waals surface area contributed by atoms with E-state index in [2.05, 4.69) is 42.2 Å². The summed E-state index contributed by atoms with van der Waals surface area (Å²) in [6.07, 6.45) is 1.74. The van der Waals surface area contributed by atoms with Gasteiger partial charge in [-0.25, -0.2) is 0 Å². The van der Waals surface area contributed by atoms with Crippen LogP contribution in [-0.4, -0.2) is 10.9 Å². The molecule has 1 heterocycles. The Morgan fingerprint density at radius 2 is 1.76 bits per heavy atom. The zero-order valence-corrected chi connectivity index (χ0v) is 14.0. The summed E-state index contributed by atoms with van der Waals surface area (Å²) >= 11 is 6.77. The molecule has 0 aliphatic heterocycles. The van der Waals surface area contributed by atoms with E-state index in [1.165, 1.54) is 0 Å². The van der Waals surface area contributed by atoms with Crippen molar-refractivity contribution in [3.63, 3.8) is 0 Å². The SMILES string of the molecule is O=C(Nc1cccc2ncccc12)c1cc(Br)cc(Br)c1. The third-order valence-corrected chi connectivity index (χ3v) is 3.93. The molecule has 1 N–H and O–H groups in total. The molecule has 21 heavy (non-hydrogen) atoms. The predicted molar refractivity (Wildman–Crippen MR) is 91.5 cm³/mol. The molecule has 0 bridgehead atoms. The second-order valence-corrected chi connectivity index (χ2v) is 6.32. The number of benzene rings is 2. The van der Waals surface area contributed by atoms with Gasteiger partial charge >= 0.3 is 0 Å². The van der Waals surface area contributed by atoms with Crippen molar-refractivity contribution in [1.82, 2.24) is 4.98 Å². The minimum atomic E-state index is -0.159. The van der Waals surface area contributed by atoms with Gasteiger partial charge in [-0.1, -0.05) is 37.9 Å². The average Bonchev–Trinajstić information content (AvgIpc) is 2.46. The van der Waals surface area contributed by atoms with Gasteiger partial charge in [0.15, 0.2) is 0 Å². The molecule has 0 fully saturated rings. The van der Waals surface area contributed by atoms with Gasteiger partial charge in [0.05, 0.1) is 11.2 Å². The topological polar surface area (TPSA) is 42.0 Å². The monoisotopic (exact) mass is 404 g/mol. The van der Waals surface area contributed by atoms with Crippen molar-refractivity contribution in [3.05, 3.63) is 69.2 Å². The van der Waals surface area contributed by atoms with Crippen molar-refractivity contribution in [2.75, 3.05) is 5.32 Å². The summed E-state index contributed by atoms with van der Waals surface area (Å²) in [5.41, 5.74) is 2.18. The Kier molecular flexibility index (Phi) is 4.03. The first-order chi connectivity index (χ1) is 10.1. The Morgan fingerprint density at radius 3 is 2.52 bits per heavy atom. The molecule has 0 aliphatic rings. The van der Waals surface area contributed by atoms with Crippen LogP contribution in [0.3, 0.4) is 0 Å². The number of hydrogen-bond donors (Lipinski definition) is 1. The lowest BCUT2D eigenvalue weighted by atomic mass is 10.1. The van der Waals surface area contributed by atoms with Crippen molar-refractivity contribution >= 4 is 54.4 Å². The van der Waals surface area contributed by atoms with Crippen molar-refractivity contribution in [1.29, 1.82) is 0 Å². The van der Waals surface area contributed by atoms with Gasteiger partial charge in [0.1, 0.15) is 0 Å². The van der Waals surface area contributed by atoms with E-state index in [-0.39, 0.29) is 5.91 Å². The minimum absolute atomic E-state index is 0.159. The van der Waals surface area contributed by atoms with Crippen LogP contribution in [0.2, 0.25) is 0 Å². The summed E-state index contributed by atoms with van der Waals surface area (Å²) < 4.78 is 1.70. The molecule has 0 unspecified atom stereocenters. The van der Waals surface area contributed by atoms with E-state index in [4.69, 9.17) is 0 Å². The lowest BCUT2D eigenvalue weighted by Gasteiger charge is -2.09. The molecule has 0 spiro atoms. The third kappa shape index (κ3) is 3.14. The standard InChI is InChI=1S/C16H10Br2N2O/c17-11-7-10(8-12(18)9-11)16(21)20-15-5-1-4-14-13(15)3-2-6-19-14/h1-9H,(H,20,21). The van der Waals surface area contributed by atoms with Gasteiger partial charge in [-0.2, -0.15) is 0 Å². The summed E-state index contributed by atoms with van der Waals surface area (Å²) in [6, 6.07) is 14.9. The largest absolute Gasteiger partial charge is 0.321 e. The number of pyridine rings is 1. The summed E-state index contributed by atoms with van der Waals surface area (Å²) in [5, 5.41) is 3.85. The third-order valence-electron chi connectivity index (χ3n) is 3.02. The highest BCUT2D eigenvalue weighted by atomic mass is 79.9. The Labute approximate surface area is 138 Å². The zero-order chi connectivity index (χ0) is 14.8. The van der Waals surface area contributed by atoms with Crippen molar-refractivity contribution in [2.45, 2.75) is 0 Å². The molecule has 104 valence electrons. The van der Waals surface area contributed by atoms with Crippen LogP contribution in [0.5, 0.6) is 0 Å². The summed E-state index contributed by atoms with van der Waals surface area (Å²) in [4.78, 5) is 16.7. The number of halogens is 2. The molecule has 0 radical (unpaired) electrons. The number of fused-ring (bicyclic) bond motifs is 1. The van der Waals surface area contributed by atoms with Crippen LogP contribution in [0, 0.1) is 0 Å². The fourth-order valence-electron chi connectivity index (χ4n) is 2.09. The first-order valence-corrected chi connectivity index (χ1v) is 7.83. The highest BCUT2D eigenvalue weighted by molar-refractivity contribution is 9.11. The number of hydrogen-bond acceptors (Lipinski definition) is 2. The fourth-order valence-corrected chi connectivity index (χ4v) is 3.39. The molecule has 0 saturated carbocycles. The van der Waals surface area contributed by atoms with Crippen LogP contribution in [0.4, 0.5) is 5.69 Å². The summed E-state index contributed by atoms with van der Waals surface area (Å²) in [7, 11) is 0. The second kappa shape index (κ2) is 5.95. The molecule has 3 rings (SSSR count). The Morgan fingerprint density at radius 1 is 1.00 bits per heavy atom. The van der Waals surface area contributed by atoms with Gasteiger partial charge in [-0.15, -0.1) is 0 Å². The Hall–Kier alpha value is -1.72. The number of carbonyl (C=O) groups excluding carboxylic acids is 1. The molecule has 0 atom stereocenters.